The molecule has 3 atom stereocenters. The molecule has 0 bridgehead atoms. The Kier molecular flexibility index (Phi) is 6.55. The van der Waals surface area contributed by atoms with Gasteiger partial charge in [0, 0.05) is 5.69 Å². The SMILES string of the molecule is C=C1C=c2c(-c3ccc4c(c3)C=CCC4)c3ccccc3c(-c3ccc(N4C5C=CC=CC5NC4(C)c4ccccc4)cc3)c2=CC1. The summed E-state index contributed by atoms with van der Waals surface area (Å²) in [6.07, 6.45) is 21.4. The molecule has 47 heavy (non-hydrogen) atoms. The van der Waals surface area contributed by atoms with E-state index in [1.807, 2.05) is 0 Å². The molecule has 1 heterocycles. The number of hydrogen-bond acceptors (Lipinski definition) is 2. The van der Waals surface area contributed by atoms with Crippen molar-refractivity contribution < 1.29 is 0 Å². The van der Waals surface area contributed by atoms with Gasteiger partial charge in [0.2, 0.25) is 0 Å². The highest BCUT2D eigenvalue weighted by atomic mass is 15.4. The minimum Gasteiger partial charge on any atom is -0.341 e. The number of allylic oxidation sites excluding steroid dienone is 4. The first kappa shape index (κ1) is 28.1. The molecule has 3 unspecified atom stereocenters. The Hall–Kier alpha value is -5.18. The standard InChI is InChI=1S/C45H38N2/c1-30-20-27-39-40(28-30)44(34-22-21-31-12-6-7-13-33(31)29-34)38-17-9-8-16-37(38)43(39)32-23-25-36(26-24-32)47-42-19-11-10-18-41(42)46-45(47,2)35-14-4-3-5-15-35/h3-5,7-11,13-19,21-29,41-42,46H,1,6,12,20H2,2H3. The Balaban J connectivity index is 1.22. The third kappa shape index (κ3) is 4.51. The zero-order chi connectivity index (χ0) is 31.5. The fourth-order valence-corrected chi connectivity index (χ4v) is 8.41. The maximum Gasteiger partial charge on any atom is 0.115 e. The highest BCUT2D eigenvalue weighted by Crippen LogP contribution is 2.42. The lowest BCUT2D eigenvalue weighted by atomic mass is 9.84. The van der Waals surface area contributed by atoms with Crippen molar-refractivity contribution in [3.8, 4) is 22.3 Å². The molecule has 0 spiro atoms. The number of aryl methyl sites for hydroxylation is 1. The number of hydrogen-bond donors (Lipinski definition) is 1. The molecule has 5 aromatic rings. The first-order chi connectivity index (χ1) is 23.1. The number of nitrogens with zero attached hydrogens (tertiary/aromatic N) is 1. The average Bonchev–Trinajstić information content (AvgIpc) is 3.43. The van der Waals surface area contributed by atoms with Gasteiger partial charge in [0.25, 0.3) is 0 Å². The van der Waals surface area contributed by atoms with Crippen LogP contribution in [0.4, 0.5) is 5.69 Å². The number of nitrogens with one attached hydrogen (secondary N) is 1. The van der Waals surface area contributed by atoms with E-state index in [2.05, 4.69) is 169 Å². The molecule has 228 valence electrons. The van der Waals surface area contributed by atoms with Crippen molar-refractivity contribution in [1.82, 2.24) is 5.32 Å². The fourth-order valence-electron chi connectivity index (χ4n) is 8.41. The highest BCUT2D eigenvalue weighted by Gasteiger charge is 2.48. The van der Waals surface area contributed by atoms with Crippen molar-refractivity contribution in [1.29, 1.82) is 0 Å². The van der Waals surface area contributed by atoms with Gasteiger partial charge in [0.15, 0.2) is 0 Å². The summed E-state index contributed by atoms with van der Waals surface area (Å²) in [6.45, 7) is 6.72. The number of fused-ring (bicyclic) bond motifs is 4. The minimum absolute atomic E-state index is 0.226. The third-order valence-corrected chi connectivity index (χ3v) is 10.6. The van der Waals surface area contributed by atoms with Crippen LogP contribution in [-0.4, -0.2) is 12.1 Å². The van der Waals surface area contributed by atoms with E-state index in [9.17, 15) is 0 Å². The van der Waals surface area contributed by atoms with Crippen molar-refractivity contribution in [2.45, 2.75) is 43.9 Å². The number of rotatable bonds is 4. The summed E-state index contributed by atoms with van der Waals surface area (Å²) >= 11 is 0. The Labute approximate surface area is 277 Å². The molecule has 1 saturated heterocycles. The van der Waals surface area contributed by atoms with Crippen LogP contribution in [0, 0.1) is 0 Å². The molecule has 1 N–H and O–H groups in total. The second-order valence-electron chi connectivity index (χ2n) is 13.5. The van der Waals surface area contributed by atoms with Crippen LogP contribution in [0.3, 0.4) is 0 Å². The molecule has 0 radical (unpaired) electrons. The monoisotopic (exact) mass is 606 g/mol. The molecule has 4 aliphatic rings. The molecule has 1 aliphatic heterocycles. The van der Waals surface area contributed by atoms with Crippen LogP contribution in [0.25, 0.3) is 51.3 Å². The highest BCUT2D eigenvalue weighted by molar-refractivity contribution is 6.06. The molecule has 2 heteroatoms. The molecular weight excluding hydrogens is 569 g/mol. The van der Waals surface area contributed by atoms with Crippen LogP contribution in [0.1, 0.15) is 36.5 Å². The first-order valence-electron chi connectivity index (χ1n) is 16.9. The zero-order valence-electron chi connectivity index (χ0n) is 26.8. The Morgan fingerprint density at radius 2 is 1.51 bits per heavy atom. The minimum atomic E-state index is -0.349. The molecule has 9 rings (SSSR count). The lowest BCUT2D eigenvalue weighted by Gasteiger charge is -2.39. The van der Waals surface area contributed by atoms with Gasteiger partial charge in [0.05, 0.1) is 12.1 Å². The summed E-state index contributed by atoms with van der Waals surface area (Å²) in [5.41, 5.74) is 11.2. The molecule has 3 aliphatic carbocycles. The van der Waals surface area contributed by atoms with Gasteiger partial charge in [0.1, 0.15) is 5.66 Å². The van der Waals surface area contributed by atoms with Crippen LogP contribution < -0.4 is 20.7 Å². The second kappa shape index (κ2) is 11.0. The van der Waals surface area contributed by atoms with E-state index in [0.29, 0.717) is 0 Å². The van der Waals surface area contributed by atoms with Gasteiger partial charge in [-0.15, -0.1) is 0 Å². The molecule has 0 amide bonds. The normalized spacial score (nSPS) is 22.4. The summed E-state index contributed by atoms with van der Waals surface area (Å²) in [5, 5.41) is 9.12. The Morgan fingerprint density at radius 1 is 0.787 bits per heavy atom. The van der Waals surface area contributed by atoms with Crippen molar-refractivity contribution in [3.05, 3.63) is 167 Å². The van der Waals surface area contributed by atoms with Crippen molar-refractivity contribution in [3.63, 3.8) is 0 Å². The van der Waals surface area contributed by atoms with Gasteiger partial charge in [-0.1, -0.05) is 140 Å². The van der Waals surface area contributed by atoms with Gasteiger partial charge >= 0.3 is 0 Å². The van der Waals surface area contributed by atoms with Crippen LogP contribution >= 0.6 is 0 Å². The Bertz CT molecular complexity index is 2290. The molecule has 0 aromatic heterocycles. The molecule has 0 saturated carbocycles. The van der Waals surface area contributed by atoms with Gasteiger partial charge in [-0.25, -0.2) is 0 Å². The predicted molar refractivity (Wildman–Crippen MR) is 199 cm³/mol. The van der Waals surface area contributed by atoms with Gasteiger partial charge < -0.3 is 4.90 Å². The predicted octanol–water partition coefficient (Wildman–Crippen LogP) is 8.80. The quantitative estimate of drug-likeness (QED) is 0.220. The van der Waals surface area contributed by atoms with Crippen molar-refractivity contribution in [2.75, 3.05) is 4.90 Å². The lowest BCUT2D eigenvalue weighted by Crippen LogP contribution is -2.48. The van der Waals surface area contributed by atoms with E-state index in [0.717, 1.165) is 24.8 Å². The maximum atomic E-state index is 4.41. The van der Waals surface area contributed by atoms with Gasteiger partial charge in [-0.3, -0.25) is 5.32 Å². The molecule has 2 nitrogen and oxygen atoms in total. The lowest BCUT2D eigenvalue weighted by molar-refractivity contribution is 0.421. The van der Waals surface area contributed by atoms with Crippen molar-refractivity contribution in [2.24, 2.45) is 0 Å². The summed E-state index contributed by atoms with van der Waals surface area (Å²) in [6, 6.07) is 36.6. The fraction of sp³-hybridized carbons (Fsp3) is 0.156. The van der Waals surface area contributed by atoms with E-state index in [1.54, 1.807) is 0 Å². The smallest absolute Gasteiger partial charge is 0.115 e. The van der Waals surface area contributed by atoms with E-state index >= 15 is 0 Å². The summed E-state index contributed by atoms with van der Waals surface area (Å²) in [4.78, 5) is 2.56. The second-order valence-corrected chi connectivity index (χ2v) is 13.5. The van der Waals surface area contributed by atoms with E-state index in [1.165, 1.54) is 65.8 Å². The largest absolute Gasteiger partial charge is 0.341 e. The van der Waals surface area contributed by atoms with E-state index in [-0.39, 0.29) is 17.7 Å². The Morgan fingerprint density at radius 3 is 2.32 bits per heavy atom. The van der Waals surface area contributed by atoms with Crippen LogP contribution in [-0.2, 0) is 12.1 Å². The third-order valence-electron chi connectivity index (χ3n) is 10.6. The summed E-state index contributed by atoms with van der Waals surface area (Å²) < 4.78 is 0. The number of anilines is 1. The topological polar surface area (TPSA) is 15.3 Å². The van der Waals surface area contributed by atoms with Gasteiger partial charge in [-0.05, 0) is 105 Å². The number of benzene rings is 5. The van der Waals surface area contributed by atoms with E-state index in [4.69, 9.17) is 0 Å². The molecule has 1 fully saturated rings. The van der Waals surface area contributed by atoms with Crippen LogP contribution in [0.5, 0.6) is 0 Å². The average molecular weight is 607 g/mol. The first-order valence-corrected chi connectivity index (χ1v) is 16.9. The summed E-state index contributed by atoms with van der Waals surface area (Å²) in [7, 11) is 0. The summed E-state index contributed by atoms with van der Waals surface area (Å²) in [5.74, 6) is 0. The van der Waals surface area contributed by atoms with Gasteiger partial charge in [-0.2, -0.15) is 0 Å². The van der Waals surface area contributed by atoms with Crippen LogP contribution in [0.2, 0.25) is 0 Å². The van der Waals surface area contributed by atoms with E-state index < -0.39 is 0 Å². The maximum absolute atomic E-state index is 4.41. The molecular formula is C45H38N2. The zero-order valence-corrected chi connectivity index (χ0v) is 26.8. The molecule has 5 aromatic carbocycles. The van der Waals surface area contributed by atoms with Crippen molar-refractivity contribution >= 4 is 34.7 Å². The van der Waals surface area contributed by atoms with Crippen LogP contribution in [0.15, 0.2) is 140 Å².